The minimum atomic E-state index is -1.67. The van der Waals surface area contributed by atoms with Crippen molar-refractivity contribution in [3.63, 3.8) is 0 Å². The van der Waals surface area contributed by atoms with E-state index < -0.39 is 17.3 Å². The Labute approximate surface area is 115 Å². The summed E-state index contributed by atoms with van der Waals surface area (Å²) in [6.07, 6.45) is -0.754. The maximum absolute atomic E-state index is 10.7. The Hall–Kier alpha value is -0.214. The number of carbonyl (C=O) groups is 1. The zero-order valence-electron chi connectivity index (χ0n) is 7.16. The molecule has 1 heterocycles. The van der Waals surface area contributed by atoms with Gasteiger partial charge in [-0.15, -0.1) is 0 Å². The van der Waals surface area contributed by atoms with Crippen molar-refractivity contribution in [2.24, 2.45) is 0 Å². The Kier molecular flexibility index (Phi) is 4.79. The van der Waals surface area contributed by atoms with Crippen molar-refractivity contribution in [3.8, 4) is 0 Å². The Bertz CT molecular complexity index is 433. The van der Waals surface area contributed by atoms with Crippen LogP contribution >= 0.6 is 0 Å². The molecular weight excluding hydrogens is 203 g/mol. The van der Waals surface area contributed by atoms with Crippen LogP contribution in [0.2, 0.25) is 0 Å². The van der Waals surface area contributed by atoms with E-state index in [1.54, 1.807) is 0 Å². The molecule has 1 N–H and O–H groups in total. The average Bonchev–Trinajstić information content (AvgIpc) is 1.96. The molecule has 0 aliphatic rings. The maximum Gasteiger partial charge on any atom is 1.00 e. The molecular formula is C6H5KN2O4. The van der Waals surface area contributed by atoms with Crippen molar-refractivity contribution in [3.05, 3.63) is 32.6 Å². The first-order chi connectivity index (χ1) is 5.52. The average molecular weight is 208 g/mol. The molecule has 0 bridgehead atoms. The summed E-state index contributed by atoms with van der Waals surface area (Å²) in [7, 11) is 0. The fraction of sp³-hybridized carbons (Fsp3) is 0.167. The SMILES string of the molecule is Cc1cn(C(=O)[O-])c(=O)[nH]c1=O.[K+]. The zero-order valence-corrected chi connectivity index (χ0v) is 10.3. The Morgan fingerprint density at radius 3 is 2.54 bits per heavy atom. The Morgan fingerprint density at radius 2 is 2.08 bits per heavy atom. The molecule has 0 spiro atoms. The third-order valence-electron chi connectivity index (χ3n) is 1.32. The number of hydrogen-bond acceptors (Lipinski definition) is 4. The van der Waals surface area contributed by atoms with Crippen LogP contribution in [0.15, 0.2) is 15.8 Å². The van der Waals surface area contributed by atoms with Crippen LogP contribution in [-0.2, 0) is 0 Å². The predicted molar refractivity (Wildman–Crippen MR) is 36.9 cm³/mol. The number of hydrogen-bond donors (Lipinski definition) is 1. The molecule has 0 amide bonds. The van der Waals surface area contributed by atoms with E-state index in [0.717, 1.165) is 6.20 Å². The molecule has 0 aliphatic heterocycles. The molecule has 0 aromatic carbocycles. The van der Waals surface area contributed by atoms with Gasteiger partial charge in [-0.3, -0.25) is 14.3 Å². The standard InChI is InChI=1S/C6H6N2O4.K/c1-3-2-8(6(11)12)5(10)7-4(3)9;/h2H,1H3,(H,11,12)(H,7,9,10);/q;+1/p-1. The van der Waals surface area contributed by atoms with Gasteiger partial charge in [0, 0.05) is 11.8 Å². The van der Waals surface area contributed by atoms with Crippen LogP contribution in [-0.4, -0.2) is 15.6 Å². The van der Waals surface area contributed by atoms with Crippen LogP contribution in [0.4, 0.5) is 4.79 Å². The normalized spacial score (nSPS) is 9.00. The Balaban J connectivity index is 0.00000144. The first kappa shape index (κ1) is 12.8. The van der Waals surface area contributed by atoms with Crippen molar-refractivity contribution >= 4 is 6.09 Å². The van der Waals surface area contributed by atoms with Crippen molar-refractivity contribution in [2.45, 2.75) is 6.92 Å². The van der Waals surface area contributed by atoms with Gasteiger partial charge >= 0.3 is 57.1 Å². The number of aryl methyl sites for hydroxylation is 1. The summed E-state index contributed by atoms with van der Waals surface area (Å²) in [5, 5.41) is 10.2. The van der Waals surface area contributed by atoms with Gasteiger partial charge < -0.3 is 9.90 Å². The van der Waals surface area contributed by atoms with Crippen LogP contribution in [0.1, 0.15) is 5.56 Å². The first-order valence-electron chi connectivity index (χ1n) is 3.06. The van der Waals surface area contributed by atoms with Crippen LogP contribution < -0.4 is 67.7 Å². The second-order valence-electron chi connectivity index (χ2n) is 2.21. The molecule has 64 valence electrons. The van der Waals surface area contributed by atoms with Crippen LogP contribution in [0.25, 0.3) is 0 Å². The fourth-order valence-corrected chi connectivity index (χ4v) is 0.702. The summed E-state index contributed by atoms with van der Waals surface area (Å²) < 4.78 is 0.302. The smallest absolute Gasteiger partial charge is 0.529 e. The molecule has 1 aromatic rings. The number of aromatic amines is 1. The van der Waals surface area contributed by atoms with Gasteiger partial charge in [-0.2, -0.15) is 0 Å². The van der Waals surface area contributed by atoms with Crippen molar-refractivity contribution in [1.82, 2.24) is 9.55 Å². The molecule has 7 heteroatoms. The van der Waals surface area contributed by atoms with Gasteiger partial charge in [0.1, 0.15) is 6.09 Å². The number of carboxylic acid groups (broad SMARTS) is 1. The molecule has 0 unspecified atom stereocenters. The fourth-order valence-electron chi connectivity index (χ4n) is 0.702. The molecule has 0 aliphatic carbocycles. The van der Waals surface area contributed by atoms with E-state index in [9.17, 15) is 19.5 Å². The number of H-pyrrole nitrogens is 1. The number of aromatic nitrogens is 2. The number of nitrogens with one attached hydrogen (secondary N) is 1. The van der Waals surface area contributed by atoms with Gasteiger partial charge in [0.2, 0.25) is 0 Å². The largest absolute Gasteiger partial charge is 1.00 e. The van der Waals surface area contributed by atoms with Crippen molar-refractivity contribution in [2.75, 3.05) is 0 Å². The monoisotopic (exact) mass is 208 g/mol. The van der Waals surface area contributed by atoms with Gasteiger partial charge in [0.05, 0.1) is 0 Å². The minimum absolute atomic E-state index is 0. The summed E-state index contributed by atoms with van der Waals surface area (Å²) in [6.45, 7) is 1.39. The molecule has 1 rings (SSSR count). The molecule has 0 saturated heterocycles. The summed E-state index contributed by atoms with van der Waals surface area (Å²) in [5.41, 5.74) is -1.47. The van der Waals surface area contributed by atoms with E-state index >= 15 is 0 Å². The molecule has 13 heavy (non-hydrogen) atoms. The quantitative estimate of drug-likeness (QED) is 0.432. The van der Waals surface area contributed by atoms with E-state index in [1.165, 1.54) is 6.92 Å². The van der Waals surface area contributed by atoms with Crippen LogP contribution in [0.5, 0.6) is 0 Å². The molecule has 0 saturated carbocycles. The molecule has 6 nitrogen and oxygen atoms in total. The molecule has 0 atom stereocenters. The number of rotatable bonds is 0. The third kappa shape index (κ3) is 2.88. The van der Waals surface area contributed by atoms with E-state index in [-0.39, 0.29) is 56.9 Å². The van der Waals surface area contributed by atoms with E-state index in [4.69, 9.17) is 0 Å². The summed E-state index contributed by atoms with van der Waals surface area (Å²) in [4.78, 5) is 33.5. The second-order valence-corrected chi connectivity index (χ2v) is 2.21. The van der Waals surface area contributed by atoms with Crippen LogP contribution in [0, 0.1) is 6.92 Å². The predicted octanol–water partition coefficient (Wildman–Crippen LogP) is -4.96. The van der Waals surface area contributed by atoms with Gasteiger partial charge in [-0.25, -0.2) is 4.79 Å². The van der Waals surface area contributed by atoms with Gasteiger partial charge in [0.15, 0.2) is 0 Å². The molecule has 0 fully saturated rings. The summed E-state index contributed by atoms with van der Waals surface area (Å²) in [5.74, 6) is 0. The first-order valence-corrected chi connectivity index (χ1v) is 3.06. The number of nitrogens with zero attached hydrogens (tertiary/aromatic N) is 1. The summed E-state index contributed by atoms with van der Waals surface area (Å²) >= 11 is 0. The van der Waals surface area contributed by atoms with Gasteiger partial charge in [-0.1, -0.05) is 0 Å². The maximum atomic E-state index is 10.7. The van der Waals surface area contributed by atoms with Crippen molar-refractivity contribution in [1.29, 1.82) is 0 Å². The molecule has 1 aromatic heterocycles. The van der Waals surface area contributed by atoms with Gasteiger partial charge in [-0.05, 0) is 6.92 Å². The number of carbonyl (C=O) groups excluding carboxylic acids is 1. The summed E-state index contributed by atoms with van der Waals surface area (Å²) in [6, 6.07) is 0. The second kappa shape index (κ2) is 4.87. The topological polar surface area (TPSA) is 95.0 Å². The minimum Gasteiger partial charge on any atom is -0.529 e. The third-order valence-corrected chi connectivity index (χ3v) is 1.32. The van der Waals surface area contributed by atoms with E-state index in [2.05, 4.69) is 0 Å². The van der Waals surface area contributed by atoms with E-state index in [1.807, 2.05) is 4.98 Å². The molecule has 0 radical (unpaired) electrons. The van der Waals surface area contributed by atoms with Crippen LogP contribution in [0.3, 0.4) is 0 Å². The Morgan fingerprint density at radius 1 is 1.54 bits per heavy atom. The van der Waals surface area contributed by atoms with Gasteiger partial charge in [0.25, 0.3) is 5.56 Å². The zero-order chi connectivity index (χ0) is 9.30. The van der Waals surface area contributed by atoms with E-state index in [0.29, 0.717) is 4.57 Å². The van der Waals surface area contributed by atoms with Crippen molar-refractivity contribution < 1.29 is 61.3 Å².